The summed E-state index contributed by atoms with van der Waals surface area (Å²) >= 11 is 0. The summed E-state index contributed by atoms with van der Waals surface area (Å²) in [6.07, 6.45) is 3.84. The summed E-state index contributed by atoms with van der Waals surface area (Å²) in [5, 5.41) is 8.13. The van der Waals surface area contributed by atoms with E-state index in [-0.39, 0.29) is 0 Å². The Morgan fingerprint density at radius 1 is 1.44 bits per heavy atom. The fourth-order valence-corrected chi connectivity index (χ4v) is 2.39. The molecule has 102 valence electrons. The second kappa shape index (κ2) is 5.04. The van der Waals surface area contributed by atoms with Gasteiger partial charge in [-0.1, -0.05) is 20.8 Å². The molecule has 0 bridgehead atoms. The van der Waals surface area contributed by atoms with Crippen LogP contribution in [0.15, 0.2) is 6.07 Å². The van der Waals surface area contributed by atoms with E-state index in [2.05, 4.69) is 51.2 Å². The van der Waals surface area contributed by atoms with Gasteiger partial charge in [-0.3, -0.25) is 4.68 Å². The molecule has 0 aliphatic heterocycles. The lowest BCUT2D eigenvalue weighted by atomic mass is 9.78. The first-order valence-corrected chi connectivity index (χ1v) is 7.09. The fourth-order valence-electron chi connectivity index (χ4n) is 2.39. The van der Waals surface area contributed by atoms with Gasteiger partial charge in [0.25, 0.3) is 0 Å². The van der Waals surface area contributed by atoms with Crippen molar-refractivity contribution in [3.05, 3.63) is 17.5 Å². The second-order valence-corrected chi connectivity index (χ2v) is 6.85. The van der Waals surface area contributed by atoms with Crippen molar-refractivity contribution in [2.45, 2.75) is 53.0 Å². The highest BCUT2D eigenvalue weighted by Gasteiger charge is 2.28. The van der Waals surface area contributed by atoms with Crippen LogP contribution in [0.3, 0.4) is 0 Å². The van der Waals surface area contributed by atoms with Crippen LogP contribution in [0.2, 0.25) is 0 Å². The molecule has 1 N–H and O–H groups in total. The van der Waals surface area contributed by atoms with Gasteiger partial charge in [-0.15, -0.1) is 0 Å². The molecule has 0 spiro atoms. The lowest BCUT2D eigenvalue weighted by Crippen LogP contribution is -2.34. The third-order valence-corrected chi connectivity index (χ3v) is 4.01. The van der Waals surface area contributed by atoms with E-state index in [0.29, 0.717) is 11.3 Å². The Kier molecular flexibility index (Phi) is 3.81. The molecule has 0 radical (unpaired) electrons. The number of hydrogen-bond donors (Lipinski definition) is 1. The molecule has 18 heavy (non-hydrogen) atoms. The fraction of sp³-hybridized carbons (Fsp3) is 0.800. The molecule has 1 fully saturated rings. The smallest absolute Gasteiger partial charge is 0.0596 e. The van der Waals surface area contributed by atoms with Crippen molar-refractivity contribution in [3.8, 4) is 0 Å². The number of nitrogens with zero attached hydrogens (tertiary/aromatic N) is 2. The SMILES string of the molecule is Cc1cc(CC(CNC2CC2)C(C)(C)C)n(C)n1. The quantitative estimate of drug-likeness (QED) is 0.869. The zero-order valence-electron chi connectivity index (χ0n) is 12.5. The first-order valence-electron chi connectivity index (χ1n) is 7.09. The van der Waals surface area contributed by atoms with Crippen molar-refractivity contribution >= 4 is 0 Å². The van der Waals surface area contributed by atoms with Crippen LogP contribution in [0.4, 0.5) is 0 Å². The Morgan fingerprint density at radius 2 is 2.11 bits per heavy atom. The molecule has 3 heteroatoms. The van der Waals surface area contributed by atoms with Crippen molar-refractivity contribution < 1.29 is 0 Å². The van der Waals surface area contributed by atoms with Gasteiger partial charge in [0.05, 0.1) is 5.69 Å². The van der Waals surface area contributed by atoms with E-state index in [1.165, 1.54) is 18.5 Å². The summed E-state index contributed by atoms with van der Waals surface area (Å²) in [5.74, 6) is 0.660. The van der Waals surface area contributed by atoms with Gasteiger partial charge in [0.15, 0.2) is 0 Å². The molecule has 1 aliphatic carbocycles. The normalized spacial score (nSPS) is 18.1. The van der Waals surface area contributed by atoms with Gasteiger partial charge in [0.1, 0.15) is 0 Å². The Labute approximate surface area is 111 Å². The molecule has 1 aromatic rings. The van der Waals surface area contributed by atoms with E-state index in [9.17, 15) is 0 Å². The molecule has 1 atom stereocenters. The monoisotopic (exact) mass is 249 g/mol. The Morgan fingerprint density at radius 3 is 2.56 bits per heavy atom. The first kappa shape index (κ1) is 13.6. The summed E-state index contributed by atoms with van der Waals surface area (Å²) in [5.41, 5.74) is 2.81. The largest absolute Gasteiger partial charge is 0.314 e. The van der Waals surface area contributed by atoms with Crippen LogP contribution in [-0.2, 0) is 13.5 Å². The zero-order valence-corrected chi connectivity index (χ0v) is 12.5. The molecule has 1 unspecified atom stereocenters. The van der Waals surface area contributed by atoms with Crippen LogP contribution in [0.1, 0.15) is 45.0 Å². The molecule has 1 saturated carbocycles. The van der Waals surface area contributed by atoms with E-state index < -0.39 is 0 Å². The average molecular weight is 249 g/mol. The maximum atomic E-state index is 4.45. The van der Waals surface area contributed by atoms with Crippen LogP contribution >= 0.6 is 0 Å². The highest BCUT2D eigenvalue weighted by atomic mass is 15.3. The second-order valence-electron chi connectivity index (χ2n) is 6.85. The first-order chi connectivity index (χ1) is 8.36. The minimum absolute atomic E-state index is 0.333. The van der Waals surface area contributed by atoms with Crippen molar-refractivity contribution in [1.82, 2.24) is 15.1 Å². The van der Waals surface area contributed by atoms with E-state index in [0.717, 1.165) is 24.7 Å². The number of hydrogen-bond acceptors (Lipinski definition) is 2. The highest BCUT2D eigenvalue weighted by Crippen LogP contribution is 2.30. The Bertz CT molecular complexity index is 396. The number of aryl methyl sites for hydroxylation is 2. The molecule has 3 nitrogen and oxygen atoms in total. The maximum absolute atomic E-state index is 4.45. The molecular weight excluding hydrogens is 222 g/mol. The zero-order chi connectivity index (χ0) is 13.3. The summed E-state index contributed by atoms with van der Waals surface area (Å²) in [4.78, 5) is 0. The summed E-state index contributed by atoms with van der Waals surface area (Å²) < 4.78 is 2.03. The van der Waals surface area contributed by atoms with Crippen LogP contribution in [0.5, 0.6) is 0 Å². The van der Waals surface area contributed by atoms with Crippen molar-refractivity contribution in [2.75, 3.05) is 6.54 Å². The maximum Gasteiger partial charge on any atom is 0.0596 e. The van der Waals surface area contributed by atoms with Gasteiger partial charge in [-0.2, -0.15) is 5.10 Å². The van der Waals surface area contributed by atoms with Crippen molar-refractivity contribution in [1.29, 1.82) is 0 Å². The van der Waals surface area contributed by atoms with Crippen LogP contribution < -0.4 is 5.32 Å². The van der Waals surface area contributed by atoms with E-state index >= 15 is 0 Å². The number of rotatable bonds is 5. The van der Waals surface area contributed by atoms with Gasteiger partial charge < -0.3 is 5.32 Å². The van der Waals surface area contributed by atoms with E-state index in [1.54, 1.807) is 0 Å². The molecule has 1 aliphatic rings. The predicted octanol–water partition coefficient (Wildman–Crippen LogP) is 2.69. The van der Waals surface area contributed by atoms with E-state index in [4.69, 9.17) is 0 Å². The predicted molar refractivity (Wildman–Crippen MR) is 75.6 cm³/mol. The Balaban J connectivity index is 2.01. The topological polar surface area (TPSA) is 29.9 Å². The molecule has 1 heterocycles. The molecule has 0 aromatic carbocycles. The van der Waals surface area contributed by atoms with Gasteiger partial charge in [-0.05, 0) is 50.1 Å². The van der Waals surface area contributed by atoms with Crippen LogP contribution in [0, 0.1) is 18.3 Å². The van der Waals surface area contributed by atoms with Gasteiger partial charge in [0, 0.05) is 18.8 Å². The minimum Gasteiger partial charge on any atom is -0.314 e. The minimum atomic E-state index is 0.333. The molecule has 2 rings (SSSR count). The molecule has 0 saturated heterocycles. The molecule has 0 amide bonds. The summed E-state index contributed by atoms with van der Waals surface area (Å²) in [7, 11) is 2.05. The van der Waals surface area contributed by atoms with Crippen molar-refractivity contribution in [3.63, 3.8) is 0 Å². The Hall–Kier alpha value is -0.830. The van der Waals surface area contributed by atoms with Crippen LogP contribution in [0.25, 0.3) is 0 Å². The van der Waals surface area contributed by atoms with Crippen molar-refractivity contribution in [2.24, 2.45) is 18.4 Å². The summed E-state index contributed by atoms with van der Waals surface area (Å²) in [6, 6.07) is 3.01. The number of nitrogens with one attached hydrogen (secondary N) is 1. The number of aromatic nitrogens is 2. The lowest BCUT2D eigenvalue weighted by molar-refractivity contribution is 0.227. The highest BCUT2D eigenvalue weighted by molar-refractivity contribution is 5.10. The standard InChI is InChI=1S/C15H27N3/c1-11-8-14(18(5)17-11)9-12(15(2,3)4)10-16-13-6-7-13/h8,12-13,16H,6-7,9-10H2,1-5H3. The molecule has 1 aromatic heterocycles. The van der Waals surface area contributed by atoms with Crippen LogP contribution in [-0.4, -0.2) is 22.4 Å². The van der Waals surface area contributed by atoms with Gasteiger partial charge in [0.2, 0.25) is 0 Å². The lowest BCUT2D eigenvalue weighted by Gasteiger charge is -2.31. The van der Waals surface area contributed by atoms with Gasteiger partial charge >= 0.3 is 0 Å². The molecular formula is C15H27N3. The third-order valence-electron chi connectivity index (χ3n) is 4.01. The van der Waals surface area contributed by atoms with E-state index in [1.807, 2.05) is 4.68 Å². The third kappa shape index (κ3) is 3.58. The van der Waals surface area contributed by atoms with Gasteiger partial charge in [-0.25, -0.2) is 0 Å². The summed E-state index contributed by atoms with van der Waals surface area (Å²) in [6.45, 7) is 10.2. The average Bonchev–Trinajstić information content (AvgIpc) is 2.99.